The average Bonchev–Trinajstić information content (AvgIpc) is 2.84. The van der Waals surface area contributed by atoms with Gasteiger partial charge in [0, 0.05) is 24.8 Å². The third-order valence-electron chi connectivity index (χ3n) is 2.88. The molecule has 0 aliphatic heterocycles. The van der Waals surface area contributed by atoms with Crippen molar-refractivity contribution in [2.24, 2.45) is 0 Å². The first-order valence-electron chi connectivity index (χ1n) is 6.12. The van der Waals surface area contributed by atoms with Crippen molar-refractivity contribution in [3.05, 3.63) is 41.7 Å². The quantitative estimate of drug-likeness (QED) is 0.880. The summed E-state index contributed by atoms with van der Waals surface area (Å²) in [7, 11) is 1.70. The zero-order chi connectivity index (χ0) is 13.0. The molecule has 2 aromatic rings. The molecule has 1 heterocycles. The molecule has 4 heteroatoms. The molecule has 0 saturated heterocycles. The SMILES string of the molecule is CCn1cc(NCc2cc(C)ccc2OC)cn1. The molecule has 96 valence electrons. The molecule has 0 amide bonds. The van der Waals surface area contributed by atoms with Crippen molar-refractivity contribution in [1.29, 1.82) is 0 Å². The number of hydrogen-bond acceptors (Lipinski definition) is 3. The van der Waals surface area contributed by atoms with Crippen LogP contribution in [0.5, 0.6) is 5.75 Å². The van der Waals surface area contributed by atoms with E-state index in [9.17, 15) is 0 Å². The monoisotopic (exact) mass is 245 g/mol. The molecular weight excluding hydrogens is 226 g/mol. The van der Waals surface area contributed by atoms with E-state index in [-0.39, 0.29) is 0 Å². The average molecular weight is 245 g/mol. The lowest BCUT2D eigenvalue weighted by Gasteiger charge is -2.10. The second-order valence-corrected chi connectivity index (χ2v) is 4.25. The fourth-order valence-corrected chi connectivity index (χ4v) is 1.87. The maximum absolute atomic E-state index is 5.35. The summed E-state index contributed by atoms with van der Waals surface area (Å²) in [4.78, 5) is 0. The first kappa shape index (κ1) is 12.5. The second kappa shape index (κ2) is 5.58. The highest BCUT2D eigenvalue weighted by molar-refractivity contribution is 5.43. The number of rotatable bonds is 5. The van der Waals surface area contributed by atoms with Gasteiger partial charge < -0.3 is 10.1 Å². The van der Waals surface area contributed by atoms with Crippen molar-refractivity contribution in [1.82, 2.24) is 9.78 Å². The normalized spacial score (nSPS) is 10.4. The number of aromatic nitrogens is 2. The summed E-state index contributed by atoms with van der Waals surface area (Å²) in [5.41, 5.74) is 3.42. The van der Waals surface area contributed by atoms with Gasteiger partial charge in [0.25, 0.3) is 0 Å². The predicted molar refractivity (Wildman–Crippen MR) is 73.0 cm³/mol. The third kappa shape index (κ3) is 2.83. The number of nitrogens with one attached hydrogen (secondary N) is 1. The van der Waals surface area contributed by atoms with Crippen molar-refractivity contribution >= 4 is 5.69 Å². The number of benzene rings is 1. The lowest BCUT2D eigenvalue weighted by Crippen LogP contribution is -2.01. The molecule has 0 bridgehead atoms. The van der Waals surface area contributed by atoms with Gasteiger partial charge in [0.2, 0.25) is 0 Å². The lowest BCUT2D eigenvalue weighted by molar-refractivity contribution is 0.410. The van der Waals surface area contributed by atoms with Crippen LogP contribution in [0.15, 0.2) is 30.6 Å². The smallest absolute Gasteiger partial charge is 0.123 e. The largest absolute Gasteiger partial charge is 0.496 e. The summed E-state index contributed by atoms with van der Waals surface area (Å²) in [6.45, 7) is 5.77. The van der Waals surface area contributed by atoms with Gasteiger partial charge in [-0.1, -0.05) is 17.7 Å². The Balaban J connectivity index is 2.07. The molecule has 1 N–H and O–H groups in total. The highest BCUT2D eigenvalue weighted by Crippen LogP contribution is 2.20. The van der Waals surface area contributed by atoms with Crippen LogP contribution in [-0.2, 0) is 13.1 Å². The van der Waals surface area contributed by atoms with Gasteiger partial charge in [0.05, 0.1) is 19.0 Å². The summed E-state index contributed by atoms with van der Waals surface area (Å²) in [6.07, 6.45) is 3.84. The molecule has 0 saturated carbocycles. The highest BCUT2D eigenvalue weighted by Gasteiger charge is 2.04. The molecule has 0 unspecified atom stereocenters. The number of ether oxygens (including phenoxy) is 1. The first-order chi connectivity index (χ1) is 8.72. The van der Waals surface area contributed by atoms with Gasteiger partial charge in [-0.05, 0) is 19.9 Å². The van der Waals surface area contributed by atoms with Gasteiger partial charge in [-0.2, -0.15) is 5.10 Å². The van der Waals surface area contributed by atoms with Crippen LogP contribution in [0.4, 0.5) is 5.69 Å². The van der Waals surface area contributed by atoms with Crippen LogP contribution in [0.2, 0.25) is 0 Å². The Hall–Kier alpha value is -1.97. The maximum atomic E-state index is 5.35. The van der Waals surface area contributed by atoms with Gasteiger partial charge in [-0.3, -0.25) is 4.68 Å². The molecule has 0 radical (unpaired) electrons. The van der Waals surface area contributed by atoms with Crippen molar-refractivity contribution < 1.29 is 4.74 Å². The standard InChI is InChI=1S/C14H19N3O/c1-4-17-10-13(9-16-17)15-8-12-7-11(2)5-6-14(12)18-3/h5-7,9-10,15H,4,8H2,1-3H3. The van der Waals surface area contributed by atoms with E-state index in [2.05, 4.69) is 36.4 Å². The molecule has 0 fully saturated rings. The van der Waals surface area contributed by atoms with Crippen LogP contribution in [-0.4, -0.2) is 16.9 Å². The van der Waals surface area contributed by atoms with Crippen LogP contribution in [0.3, 0.4) is 0 Å². The van der Waals surface area contributed by atoms with Gasteiger partial charge in [0.15, 0.2) is 0 Å². The Labute approximate surface area is 108 Å². The van der Waals surface area contributed by atoms with E-state index >= 15 is 0 Å². The third-order valence-corrected chi connectivity index (χ3v) is 2.88. The molecule has 0 spiro atoms. The number of anilines is 1. The van der Waals surface area contributed by atoms with Crippen LogP contribution >= 0.6 is 0 Å². The number of nitrogens with zero attached hydrogens (tertiary/aromatic N) is 2. The lowest BCUT2D eigenvalue weighted by atomic mass is 10.1. The Bertz CT molecular complexity index is 520. The zero-order valence-electron chi connectivity index (χ0n) is 11.1. The molecular formula is C14H19N3O. The van der Waals surface area contributed by atoms with Crippen LogP contribution < -0.4 is 10.1 Å². The molecule has 0 aliphatic carbocycles. The Morgan fingerprint density at radius 1 is 1.39 bits per heavy atom. The fraction of sp³-hybridized carbons (Fsp3) is 0.357. The molecule has 2 rings (SSSR count). The maximum Gasteiger partial charge on any atom is 0.123 e. The highest BCUT2D eigenvalue weighted by atomic mass is 16.5. The summed E-state index contributed by atoms with van der Waals surface area (Å²) in [5, 5.41) is 7.58. The second-order valence-electron chi connectivity index (χ2n) is 4.25. The molecule has 1 aromatic carbocycles. The fourth-order valence-electron chi connectivity index (χ4n) is 1.87. The number of aryl methyl sites for hydroxylation is 2. The Morgan fingerprint density at radius 3 is 2.89 bits per heavy atom. The van der Waals surface area contributed by atoms with E-state index in [1.54, 1.807) is 7.11 Å². The van der Waals surface area contributed by atoms with E-state index in [1.165, 1.54) is 5.56 Å². The van der Waals surface area contributed by atoms with Crippen molar-refractivity contribution in [3.63, 3.8) is 0 Å². The van der Waals surface area contributed by atoms with Gasteiger partial charge >= 0.3 is 0 Å². The number of methoxy groups -OCH3 is 1. The minimum absolute atomic E-state index is 0.736. The van der Waals surface area contributed by atoms with Crippen molar-refractivity contribution in [3.8, 4) is 5.75 Å². The molecule has 4 nitrogen and oxygen atoms in total. The number of hydrogen-bond donors (Lipinski definition) is 1. The van der Waals surface area contributed by atoms with E-state index in [0.29, 0.717) is 0 Å². The summed E-state index contributed by atoms with van der Waals surface area (Å²) in [6, 6.07) is 6.19. The van der Waals surface area contributed by atoms with E-state index in [4.69, 9.17) is 4.74 Å². The van der Waals surface area contributed by atoms with E-state index in [0.717, 1.165) is 30.1 Å². The van der Waals surface area contributed by atoms with E-state index in [1.807, 2.05) is 23.1 Å². The Morgan fingerprint density at radius 2 is 2.22 bits per heavy atom. The summed E-state index contributed by atoms with van der Waals surface area (Å²) < 4.78 is 7.25. The van der Waals surface area contributed by atoms with Gasteiger partial charge in [0.1, 0.15) is 5.75 Å². The van der Waals surface area contributed by atoms with Crippen LogP contribution in [0.25, 0.3) is 0 Å². The molecule has 1 aromatic heterocycles. The molecule has 0 aliphatic rings. The molecule has 0 atom stereocenters. The predicted octanol–water partition coefficient (Wildman–Crippen LogP) is 2.83. The summed E-state index contributed by atoms with van der Waals surface area (Å²) >= 11 is 0. The van der Waals surface area contributed by atoms with Crippen LogP contribution in [0.1, 0.15) is 18.1 Å². The molecule has 18 heavy (non-hydrogen) atoms. The minimum Gasteiger partial charge on any atom is -0.496 e. The van der Waals surface area contributed by atoms with Gasteiger partial charge in [-0.25, -0.2) is 0 Å². The topological polar surface area (TPSA) is 39.1 Å². The van der Waals surface area contributed by atoms with Gasteiger partial charge in [-0.15, -0.1) is 0 Å². The zero-order valence-corrected chi connectivity index (χ0v) is 11.1. The Kier molecular flexibility index (Phi) is 3.87. The first-order valence-corrected chi connectivity index (χ1v) is 6.12. The van der Waals surface area contributed by atoms with E-state index < -0.39 is 0 Å². The van der Waals surface area contributed by atoms with Crippen molar-refractivity contribution in [2.75, 3.05) is 12.4 Å². The van der Waals surface area contributed by atoms with Crippen LogP contribution in [0, 0.1) is 6.92 Å². The minimum atomic E-state index is 0.736. The van der Waals surface area contributed by atoms with Crippen molar-refractivity contribution in [2.45, 2.75) is 26.9 Å². The summed E-state index contributed by atoms with van der Waals surface area (Å²) in [5.74, 6) is 0.913.